The zero-order valence-electron chi connectivity index (χ0n) is 8.79. The highest BCUT2D eigenvalue weighted by molar-refractivity contribution is 6.29. The Morgan fingerprint density at radius 3 is 2.88 bits per heavy atom. The van der Waals surface area contributed by atoms with Crippen LogP contribution in [0.25, 0.3) is 0 Å². The van der Waals surface area contributed by atoms with Crippen molar-refractivity contribution in [3.8, 4) is 0 Å². The lowest BCUT2D eigenvalue weighted by atomic mass is 10.4. The third-order valence-electron chi connectivity index (χ3n) is 2.00. The number of aromatic nitrogens is 3. The average Bonchev–Trinajstić information content (AvgIpc) is 2.63. The van der Waals surface area contributed by atoms with E-state index in [9.17, 15) is 10.1 Å². The molecule has 0 amide bonds. The average molecular weight is 254 g/mol. The Bertz CT molecular complexity index is 568. The van der Waals surface area contributed by atoms with Crippen LogP contribution < -0.4 is 5.32 Å². The molecule has 2 heterocycles. The van der Waals surface area contributed by atoms with E-state index in [2.05, 4.69) is 15.4 Å². The van der Waals surface area contributed by atoms with Crippen LogP contribution in [0.2, 0.25) is 5.15 Å². The number of nitro groups is 1. The molecule has 0 fully saturated rings. The number of pyridine rings is 1. The van der Waals surface area contributed by atoms with Gasteiger partial charge in [0.05, 0.1) is 16.8 Å². The van der Waals surface area contributed by atoms with Gasteiger partial charge in [0.25, 0.3) is 0 Å². The van der Waals surface area contributed by atoms with Gasteiger partial charge in [0, 0.05) is 19.3 Å². The Balaban J connectivity index is 2.37. The molecule has 0 saturated carbocycles. The molecule has 88 valence electrons. The van der Waals surface area contributed by atoms with Gasteiger partial charge in [-0.1, -0.05) is 11.6 Å². The Morgan fingerprint density at radius 1 is 1.53 bits per heavy atom. The monoisotopic (exact) mass is 253 g/mol. The summed E-state index contributed by atoms with van der Waals surface area (Å²) in [6.45, 7) is 0. The van der Waals surface area contributed by atoms with E-state index in [1.807, 2.05) is 0 Å². The van der Waals surface area contributed by atoms with Crippen LogP contribution in [0.5, 0.6) is 0 Å². The fourth-order valence-corrected chi connectivity index (χ4v) is 1.44. The molecule has 17 heavy (non-hydrogen) atoms. The van der Waals surface area contributed by atoms with Crippen LogP contribution in [0, 0.1) is 10.1 Å². The summed E-state index contributed by atoms with van der Waals surface area (Å²) in [6, 6.07) is 2.67. The number of aryl methyl sites for hydroxylation is 1. The van der Waals surface area contributed by atoms with Crippen LogP contribution in [0.3, 0.4) is 0 Å². The molecule has 0 aliphatic carbocycles. The van der Waals surface area contributed by atoms with Crippen LogP contribution in [-0.2, 0) is 7.05 Å². The van der Waals surface area contributed by atoms with Crippen molar-refractivity contribution >= 4 is 28.8 Å². The van der Waals surface area contributed by atoms with Crippen molar-refractivity contribution in [2.75, 3.05) is 5.32 Å². The van der Waals surface area contributed by atoms with Gasteiger partial charge in [-0.2, -0.15) is 5.10 Å². The molecule has 0 bridgehead atoms. The second kappa shape index (κ2) is 4.38. The molecule has 0 aromatic carbocycles. The summed E-state index contributed by atoms with van der Waals surface area (Å²) in [7, 11) is 1.74. The minimum Gasteiger partial charge on any atom is -0.332 e. The summed E-state index contributed by atoms with van der Waals surface area (Å²) in [5, 5.41) is 17.7. The van der Waals surface area contributed by atoms with Crippen LogP contribution in [0.4, 0.5) is 17.2 Å². The highest BCUT2D eigenvalue weighted by atomic mass is 35.5. The van der Waals surface area contributed by atoms with Crippen molar-refractivity contribution in [3.05, 3.63) is 39.8 Å². The molecule has 0 radical (unpaired) electrons. The van der Waals surface area contributed by atoms with E-state index in [1.54, 1.807) is 17.9 Å². The second-order valence-electron chi connectivity index (χ2n) is 3.29. The number of nitrogens with one attached hydrogen (secondary N) is 1. The zero-order valence-corrected chi connectivity index (χ0v) is 9.55. The van der Waals surface area contributed by atoms with E-state index in [4.69, 9.17) is 11.6 Å². The number of halogens is 1. The molecule has 0 spiro atoms. The maximum Gasteiger partial charge on any atom is 0.311 e. The van der Waals surface area contributed by atoms with E-state index in [-0.39, 0.29) is 16.7 Å². The van der Waals surface area contributed by atoms with Crippen molar-refractivity contribution in [1.82, 2.24) is 14.8 Å². The second-order valence-corrected chi connectivity index (χ2v) is 3.67. The van der Waals surface area contributed by atoms with E-state index < -0.39 is 4.92 Å². The minimum absolute atomic E-state index is 0.0931. The van der Waals surface area contributed by atoms with Gasteiger partial charge in [0.1, 0.15) is 5.15 Å². The van der Waals surface area contributed by atoms with Crippen molar-refractivity contribution in [3.63, 3.8) is 0 Å². The molecule has 0 unspecified atom stereocenters. The number of rotatable bonds is 3. The molecule has 7 nitrogen and oxygen atoms in total. The van der Waals surface area contributed by atoms with Gasteiger partial charge in [-0.25, -0.2) is 4.98 Å². The van der Waals surface area contributed by atoms with Gasteiger partial charge < -0.3 is 5.32 Å². The minimum atomic E-state index is -0.526. The molecule has 0 saturated heterocycles. The van der Waals surface area contributed by atoms with Crippen LogP contribution in [0.15, 0.2) is 24.5 Å². The summed E-state index contributed by atoms with van der Waals surface area (Å²) < 4.78 is 1.57. The Hall–Kier alpha value is -2.15. The number of anilines is 2. The SMILES string of the molecule is Cn1cc(Nc2nc(Cl)ccc2[N+](=O)[O-])cn1. The first-order valence-electron chi connectivity index (χ1n) is 4.63. The maximum atomic E-state index is 10.8. The molecular weight excluding hydrogens is 246 g/mol. The van der Waals surface area contributed by atoms with E-state index >= 15 is 0 Å². The number of nitrogens with zero attached hydrogens (tertiary/aromatic N) is 4. The van der Waals surface area contributed by atoms with Gasteiger partial charge in [0.15, 0.2) is 0 Å². The lowest BCUT2D eigenvalue weighted by molar-refractivity contribution is -0.384. The molecular formula is C9H8ClN5O2. The molecule has 2 aromatic heterocycles. The maximum absolute atomic E-state index is 10.8. The quantitative estimate of drug-likeness (QED) is 0.514. The van der Waals surface area contributed by atoms with Crippen LogP contribution >= 0.6 is 11.6 Å². The molecule has 2 rings (SSSR count). The number of hydrogen-bond acceptors (Lipinski definition) is 5. The first-order chi connectivity index (χ1) is 8.06. The summed E-state index contributed by atoms with van der Waals surface area (Å²) in [4.78, 5) is 14.1. The highest BCUT2D eigenvalue weighted by Crippen LogP contribution is 2.26. The van der Waals surface area contributed by atoms with Crippen molar-refractivity contribution < 1.29 is 4.92 Å². The Kier molecular flexibility index (Phi) is 2.92. The predicted octanol–water partition coefficient (Wildman–Crippen LogP) is 2.12. The smallest absolute Gasteiger partial charge is 0.311 e. The summed E-state index contributed by atoms with van der Waals surface area (Å²) in [6.07, 6.45) is 3.21. The Morgan fingerprint density at radius 2 is 2.29 bits per heavy atom. The molecule has 1 N–H and O–H groups in total. The third kappa shape index (κ3) is 2.51. The molecule has 0 aliphatic heterocycles. The first-order valence-corrected chi connectivity index (χ1v) is 5.00. The van der Waals surface area contributed by atoms with Gasteiger partial charge in [-0.3, -0.25) is 14.8 Å². The fraction of sp³-hybridized carbons (Fsp3) is 0.111. The molecule has 0 aliphatic rings. The zero-order chi connectivity index (χ0) is 12.4. The number of hydrogen-bond donors (Lipinski definition) is 1. The van der Waals surface area contributed by atoms with Gasteiger partial charge in [-0.05, 0) is 6.07 Å². The fourth-order valence-electron chi connectivity index (χ4n) is 1.29. The van der Waals surface area contributed by atoms with Crippen molar-refractivity contribution in [1.29, 1.82) is 0 Å². The first kappa shape index (κ1) is 11.3. The van der Waals surface area contributed by atoms with E-state index in [0.29, 0.717) is 5.69 Å². The largest absolute Gasteiger partial charge is 0.332 e. The van der Waals surface area contributed by atoms with E-state index in [1.165, 1.54) is 18.3 Å². The van der Waals surface area contributed by atoms with Gasteiger partial charge in [0.2, 0.25) is 5.82 Å². The Labute approximate surface area is 101 Å². The van der Waals surface area contributed by atoms with E-state index in [0.717, 1.165) is 0 Å². The normalized spacial score (nSPS) is 10.2. The summed E-state index contributed by atoms with van der Waals surface area (Å²) in [5.41, 5.74) is 0.462. The molecule has 2 aromatic rings. The topological polar surface area (TPSA) is 85.9 Å². The van der Waals surface area contributed by atoms with Gasteiger partial charge >= 0.3 is 5.69 Å². The van der Waals surface area contributed by atoms with Crippen molar-refractivity contribution in [2.24, 2.45) is 7.05 Å². The predicted molar refractivity (Wildman–Crippen MR) is 62.4 cm³/mol. The third-order valence-corrected chi connectivity index (χ3v) is 2.21. The summed E-state index contributed by atoms with van der Waals surface area (Å²) in [5.74, 6) is 0.0931. The standard InChI is InChI=1S/C9H8ClN5O2/c1-14-5-6(4-11-14)12-9-7(15(16)17)2-3-8(10)13-9/h2-5H,1H3,(H,12,13). The van der Waals surface area contributed by atoms with Crippen LogP contribution in [-0.4, -0.2) is 19.7 Å². The van der Waals surface area contributed by atoms with Gasteiger partial charge in [-0.15, -0.1) is 0 Å². The lowest BCUT2D eigenvalue weighted by Crippen LogP contribution is -1.99. The molecule has 0 atom stereocenters. The highest BCUT2D eigenvalue weighted by Gasteiger charge is 2.16. The lowest BCUT2D eigenvalue weighted by Gasteiger charge is -2.03. The summed E-state index contributed by atoms with van der Waals surface area (Å²) >= 11 is 5.70. The van der Waals surface area contributed by atoms with Crippen molar-refractivity contribution in [2.45, 2.75) is 0 Å². The van der Waals surface area contributed by atoms with Crippen LogP contribution in [0.1, 0.15) is 0 Å². The molecule has 8 heteroatoms.